The molecule has 0 bridgehead atoms. The fraction of sp³-hybridized carbons (Fsp3) is 0.242. The van der Waals surface area contributed by atoms with Gasteiger partial charge in [-0.1, -0.05) is 58.8 Å². The fourth-order valence-electron chi connectivity index (χ4n) is 5.09. The highest BCUT2D eigenvalue weighted by Crippen LogP contribution is 2.37. The van der Waals surface area contributed by atoms with E-state index in [2.05, 4.69) is 15.9 Å². The third kappa shape index (κ3) is 6.52. The van der Waals surface area contributed by atoms with Gasteiger partial charge in [-0.3, -0.25) is 14.2 Å². The van der Waals surface area contributed by atoms with Crippen LogP contribution in [0.5, 0.6) is 11.5 Å². The van der Waals surface area contributed by atoms with Gasteiger partial charge in [0.15, 0.2) is 16.3 Å². The standard InChI is InChI=1S/C33H30BrCl2N3O4S/c1-5-38(6-2)32(41)28-19(3)37-33-39(29(28)22-9-13-24(36)14-10-22)31(40)27(44-33)17-21-15-25(34)30(26(16-21)42-4)43-18-20-7-11-23(35)12-8-20/h7-17,29H,5-6,18H2,1-4H3/b27-17+/t29-/m1/s1. The van der Waals surface area contributed by atoms with Gasteiger partial charge < -0.3 is 14.4 Å². The zero-order valence-electron chi connectivity index (χ0n) is 24.6. The molecule has 0 radical (unpaired) electrons. The largest absolute Gasteiger partial charge is 0.493 e. The third-order valence-electron chi connectivity index (χ3n) is 7.33. The molecule has 0 fully saturated rings. The minimum Gasteiger partial charge on any atom is -0.493 e. The number of aromatic nitrogens is 1. The highest BCUT2D eigenvalue weighted by atomic mass is 79.9. The average Bonchev–Trinajstić information content (AvgIpc) is 3.31. The second-order valence-electron chi connectivity index (χ2n) is 10.1. The lowest BCUT2D eigenvalue weighted by Gasteiger charge is -2.29. The van der Waals surface area contributed by atoms with E-state index < -0.39 is 6.04 Å². The van der Waals surface area contributed by atoms with Gasteiger partial charge in [-0.25, -0.2) is 4.99 Å². The Hall–Kier alpha value is -3.37. The number of benzene rings is 3. The van der Waals surface area contributed by atoms with Crippen LogP contribution >= 0.6 is 50.5 Å². The van der Waals surface area contributed by atoms with E-state index in [0.717, 1.165) is 16.7 Å². The van der Waals surface area contributed by atoms with Crippen molar-refractivity contribution in [1.82, 2.24) is 9.47 Å². The van der Waals surface area contributed by atoms with Gasteiger partial charge in [-0.2, -0.15) is 0 Å². The molecule has 1 aliphatic heterocycles. The number of allylic oxidation sites excluding steroid dienone is 1. The summed E-state index contributed by atoms with van der Waals surface area (Å²) in [5.74, 6) is 0.904. The fourth-order valence-corrected chi connectivity index (χ4v) is 6.96. The molecule has 0 N–H and O–H groups in total. The maximum Gasteiger partial charge on any atom is 0.271 e. The number of halogens is 3. The topological polar surface area (TPSA) is 73.1 Å². The van der Waals surface area contributed by atoms with Crippen LogP contribution in [0.15, 0.2) is 86.2 Å². The van der Waals surface area contributed by atoms with Gasteiger partial charge in [-0.05, 0) is 95.9 Å². The van der Waals surface area contributed by atoms with Crippen LogP contribution in [0, 0.1) is 0 Å². The highest BCUT2D eigenvalue weighted by molar-refractivity contribution is 9.10. The SMILES string of the molecule is CCN(CC)C(=O)C1=C(C)N=c2s/c(=C/c3cc(Br)c(OCc4ccc(Cl)cc4)c(OC)c3)c(=O)n2[C@@H]1c1ccc(Cl)cc1. The molecule has 0 saturated heterocycles. The first-order chi connectivity index (χ1) is 21.1. The molecule has 2 heterocycles. The number of ether oxygens (including phenoxy) is 2. The molecule has 1 amide bonds. The number of carbonyl (C=O) groups excluding carboxylic acids is 1. The Morgan fingerprint density at radius 1 is 1.07 bits per heavy atom. The van der Waals surface area contributed by atoms with Crippen LogP contribution in [0.1, 0.15) is 43.5 Å². The molecule has 1 aromatic heterocycles. The maximum atomic E-state index is 14.1. The predicted octanol–water partition coefficient (Wildman–Crippen LogP) is 6.76. The normalized spacial score (nSPS) is 14.7. The van der Waals surface area contributed by atoms with Crippen molar-refractivity contribution >= 4 is 62.5 Å². The van der Waals surface area contributed by atoms with Gasteiger partial charge in [0.05, 0.1) is 33.4 Å². The van der Waals surface area contributed by atoms with Crippen molar-refractivity contribution in [2.24, 2.45) is 4.99 Å². The first kappa shape index (κ1) is 32.0. The van der Waals surface area contributed by atoms with Crippen LogP contribution in [0.25, 0.3) is 6.08 Å². The second-order valence-corrected chi connectivity index (χ2v) is 12.8. The second kappa shape index (κ2) is 13.7. The predicted molar refractivity (Wildman–Crippen MR) is 180 cm³/mol. The molecule has 1 atom stereocenters. The van der Waals surface area contributed by atoms with Crippen LogP contribution in [0.2, 0.25) is 10.0 Å². The molecule has 0 saturated carbocycles. The molecule has 7 nitrogen and oxygen atoms in total. The van der Waals surface area contributed by atoms with Crippen LogP contribution < -0.4 is 24.4 Å². The minimum absolute atomic E-state index is 0.145. The van der Waals surface area contributed by atoms with E-state index in [1.165, 1.54) is 11.3 Å². The summed E-state index contributed by atoms with van der Waals surface area (Å²) in [4.78, 5) is 34.8. The number of hydrogen-bond donors (Lipinski definition) is 0. The number of carbonyl (C=O) groups is 1. The molecular weight excluding hydrogens is 685 g/mol. The summed E-state index contributed by atoms with van der Waals surface area (Å²) in [6, 6.07) is 17.7. The van der Waals surface area contributed by atoms with E-state index in [1.54, 1.807) is 34.8 Å². The third-order valence-corrected chi connectivity index (χ3v) is 9.41. The zero-order valence-corrected chi connectivity index (χ0v) is 28.5. The molecule has 11 heteroatoms. The molecule has 0 unspecified atom stereocenters. The number of methoxy groups -OCH3 is 1. The van der Waals surface area contributed by atoms with Crippen LogP contribution in [-0.4, -0.2) is 35.6 Å². The van der Waals surface area contributed by atoms with E-state index in [4.69, 9.17) is 37.7 Å². The average molecular weight is 715 g/mol. The Morgan fingerprint density at radius 3 is 2.32 bits per heavy atom. The summed E-state index contributed by atoms with van der Waals surface area (Å²) in [6.07, 6.45) is 1.80. The number of nitrogens with zero attached hydrogens (tertiary/aromatic N) is 3. The van der Waals surface area contributed by atoms with Gasteiger partial charge in [0.25, 0.3) is 11.5 Å². The summed E-state index contributed by atoms with van der Waals surface area (Å²) < 4.78 is 14.5. The minimum atomic E-state index is -0.649. The molecule has 0 aliphatic carbocycles. The molecule has 1 aliphatic rings. The van der Waals surface area contributed by atoms with Crippen molar-refractivity contribution < 1.29 is 14.3 Å². The first-order valence-corrected chi connectivity index (χ1v) is 16.3. The van der Waals surface area contributed by atoms with Gasteiger partial charge in [0.2, 0.25) is 0 Å². The van der Waals surface area contributed by atoms with Crippen molar-refractivity contribution in [1.29, 1.82) is 0 Å². The Kier molecular flexibility index (Phi) is 10.00. The van der Waals surface area contributed by atoms with E-state index >= 15 is 0 Å². The van der Waals surface area contributed by atoms with Crippen molar-refractivity contribution in [3.63, 3.8) is 0 Å². The number of amides is 1. The molecule has 3 aromatic carbocycles. The number of fused-ring (bicyclic) bond motifs is 1. The quantitative estimate of drug-likeness (QED) is 0.192. The van der Waals surface area contributed by atoms with E-state index in [1.807, 2.05) is 69.3 Å². The Labute approximate surface area is 277 Å². The van der Waals surface area contributed by atoms with E-state index in [0.29, 0.717) is 66.3 Å². The summed E-state index contributed by atoms with van der Waals surface area (Å²) in [6.45, 7) is 7.10. The van der Waals surface area contributed by atoms with Gasteiger partial charge >= 0.3 is 0 Å². The first-order valence-electron chi connectivity index (χ1n) is 14.0. The number of likely N-dealkylation sites (N-methyl/N-ethyl adjacent to an activating group) is 1. The molecule has 5 rings (SSSR count). The van der Waals surface area contributed by atoms with Gasteiger partial charge in [-0.15, -0.1) is 0 Å². The highest BCUT2D eigenvalue weighted by Gasteiger charge is 2.34. The summed E-state index contributed by atoms with van der Waals surface area (Å²) in [5.41, 5.74) is 3.28. The number of rotatable bonds is 9. The lowest BCUT2D eigenvalue weighted by atomic mass is 9.94. The zero-order chi connectivity index (χ0) is 31.5. The van der Waals surface area contributed by atoms with E-state index in [9.17, 15) is 9.59 Å². The van der Waals surface area contributed by atoms with Gasteiger partial charge in [0.1, 0.15) is 6.61 Å². The number of thiazole rings is 1. The van der Waals surface area contributed by atoms with E-state index in [-0.39, 0.29) is 11.5 Å². The molecule has 4 aromatic rings. The Bertz CT molecular complexity index is 1910. The van der Waals surface area contributed by atoms with Crippen molar-refractivity contribution in [2.75, 3.05) is 20.2 Å². The Morgan fingerprint density at radius 2 is 1.70 bits per heavy atom. The van der Waals surface area contributed by atoms with Crippen molar-refractivity contribution in [3.8, 4) is 11.5 Å². The monoisotopic (exact) mass is 713 g/mol. The summed E-state index contributed by atoms with van der Waals surface area (Å²) in [5, 5.41) is 1.22. The van der Waals surface area contributed by atoms with Crippen LogP contribution in [0.3, 0.4) is 0 Å². The molecule has 0 spiro atoms. The lowest BCUT2D eigenvalue weighted by Crippen LogP contribution is -2.43. The van der Waals surface area contributed by atoms with Crippen molar-refractivity contribution in [3.05, 3.63) is 123 Å². The summed E-state index contributed by atoms with van der Waals surface area (Å²) in [7, 11) is 1.57. The van der Waals surface area contributed by atoms with Crippen molar-refractivity contribution in [2.45, 2.75) is 33.4 Å². The van der Waals surface area contributed by atoms with Crippen LogP contribution in [0.4, 0.5) is 0 Å². The van der Waals surface area contributed by atoms with Crippen LogP contribution in [-0.2, 0) is 11.4 Å². The van der Waals surface area contributed by atoms with Gasteiger partial charge in [0, 0.05) is 23.1 Å². The number of hydrogen-bond acceptors (Lipinski definition) is 6. The Balaban J connectivity index is 1.58. The lowest BCUT2D eigenvalue weighted by molar-refractivity contribution is -0.127. The maximum absolute atomic E-state index is 14.1. The molecule has 228 valence electrons. The summed E-state index contributed by atoms with van der Waals surface area (Å²) >= 11 is 17.1. The molecule has 44 heavy (non-hydrogen) atoms. The molecular formula is C33H30BrCl2N3O4S. The smallest absolute Gasteiger partial charge is 0.271 e.